The lowest BCUT2D eigenvalue weighted by Gasteiger charge is -2.08. The lowest BCUT2D eigenvalue weighted by molar-refractivity contribution is -0.388. The Kier molecular flexibility index (Phi) is 3.25. The Hall–Kier alpha value is -1.87. The highest BCUT2D eigenvalue weighted by Crippen LogP contribution is 2.36. The van der Waals surface area contributed by atoms with Gasteiger partial charge in [0, 0.05) is 0 Å². The summed E-state index contributed by atoms with van der Waals surface area (Å²) in [7, 11) is 0. The number of nitrogens with zero attached hydrogens (tertiary/aromatic N) is 2. The van der Waals surface area contributed by atoms with E-state index in [2.05, 4.69) is 4.98 Å². The predicted molar refractivity (Wildman–Crippen MR) is 40.8 cm³/mol. The highest BCUT2D eigenvalue weighted by atomic mass is 19.4. The van der Waals surface area contributed by atoms with Gasteiger partial charge in [-0.2, -0.15) is 13.2 Å². The van der Waals surface area contributed by atoms with Crippen LogP contribution in [0.5, 0.6) is 0 Å². The molecule has 1 aromatic heterocycles. The summed E-state index contributed by atoms with van der Waals surface area (Å²) in [6.45, 7) is 0. The summed E-state index contributed by atoms with van der Waals surface area (Å²) in [4.78, 5) is 10.9. The van der Waals surface area contributed by atoms with Gasteiger partial charge in [-0.05, 0) is 0 Å². The van der Waals surface area contributed by atoms with Crippen LogP contribution in [0.15, 0.2) is 6.07 Å². The summed E-state index contributed by atoms with van der Waals surface area (Å²) in [5.74, 6) is -1.86. The van der Waals surface area contributed by atoms with Crippen LogP contribution in [0.4, 0.5) is 32.0 Å². The van der Waals surface area contributed by atoms with Gasteiger partial charge in [0.1, 0.15) is 5.69 Å². The minimum absolute atomic E-state index is 0.225. The van der Waals surface area contributed by atoms with E-state index >= 15 is 0 Å². The van der Waals surface area contributed by atoms with E-state index in [0.29, 0.717) is 0 Å². The van der Waals surface area contributed by atoms with Crippen LogP contribution in [0.1, 0.15) is 17.8 Å². The van der Waals surface area contributed by atoms with Crippen molar-refractivity contribution in [1.29, 1.82) is 0 Å². The summed E-state index contributed by atoms with van der Waals surface area (Å²) in [5, 5.41) is 10.2. The first-order valence-corrected chi connectivity index (χ1v) is 3.84. The molecule has 0 aliphatic carbocycles. The monoisotopic (exact) mass is 260 g/mol. The molecule has 17 heavy (non-hydrogen) atoms. The second-order valence-corrected chi connectivity index (χ2v) is 2.78. The van der Waals surface area contributed by atoms with Crippen molar-refractivity contribution in [3.63, 3.8) is 0 Å². The largest absolute Gasteiger partial charge is 0.440 e. The molecule has 10 heteroatoms. The van der Waals surface area contributed by atoms with Gasteiger partial charge in [0.2, 0.25) is 5.69 Å². The summed E-state index contributed by atoms with van der Waals surface area (Å²) >= 11 is 0. The standard InChI is InChI=1S/C7H2F6N2O2/c8-2-1-3(15(16)17)5(7(11,12)13)14-4(2)6(9)10/h1,6H. The third-order valence-electron chi connectivity index (χ3n) is 1.65. The minimum atomic E-state index is -5.32. The first-order valence-electron chi connectivity index (χ1n) is 3.84. The van der Waals surface area contributed by atoms with Crippen molar-refractivity contribution in [2.45, 2.75) is 12.6 Å². The number of alkyl halides is 5. The molecule has 0 spiro atoms. The second-order valence-electron chi connectivity index (χ2n) is 2.78. The molecule has 0 aliphatic rings. The quantitative estimate of drug-likeness (QED) is 0.466. The topological polar surface area (TPSA) is 56.0 Å². The fourth-order valence-corrected chi connectivity index (χ4v) is 0.994. The summed E-state index contributed by atoms with van der Waals surface area (Å²) < 4.78 is 73.7. The third-order valence-corrected chi connectivity index (χ3v) is 1.65. The second kappa shape index (κ2) is 4.18. The molecule has 1 heterocycles. The average molecular weight is 260 g/mol. The molecule has 94 valence electrons. The van der Waals surface area contributed by atoms with Crippen molar-refractivity contribution in [2.75, 3.05) is 0 Å². The number of pyridine rings is 1. The van der Waals surface area contributed by atoms with E-state index in [-0.39, 0.29) is 6.07 Å². The first-order chi connectivity index (χ1) is 7.64. The van der Waals surface area contributed by atoms with Crippen molar-refractivity contribution in [1.82, 2.24) is 4.98 Å². The molecule has 1 rings (SSSR count). The van der Waals surface area contributed by atoms with Crippen LogP contribution in [0.2, 0.25) is 0 Å². The van der Waals surface area contributed by atoms with E-state index in [4.69, 9.17) is 0 Å². The van der Waals surface area contributed by atoms with Crippen LogP contribution >= 0.6 is 0 Å². The van der Waals surface area contributed by atoms with Gasteiger partial charge in [0.15, 0.2) is 5.82 Å². The lowest BCUT2D eigenvalue weighted by Crippen LogP contribution is -2.14. The van der Waals surface area contributed by atoms with Gasteiger partial charge in [-0.1, -0.05) is 0 Å². The SMILES string of the molecule is O=[N+]([O-])c1cc(F)c(C(F)F)nc1C(F)(F)F. The maximum atomic E-state index is 12.8. The van der Waals surface area contributed by atoms with Crippen LogP contribution < -0.4 is 0 Å². The van der Waals surface area contributed by atoms with Gasteiger partial charge in [-0.15, -0.1) is 0 Å². The zero-order valence-corrected chi connectivity index (χ0v) is 7.63. The normalized spacial score (nSPS) is 11.9. The highest BCUT2D eigenvalue weighted by Gasteiger charge is 2.42. The molecule has 0 aromatic carbocycles. The average Bonchev–Trinajstić information content (AvgIpc) is 2.14. The summed E-state index contributed by atoms with van der Waals surface area (Å²) in [6, 6.07) is -0.225. The Labute approximate surface area is 89.0 Å². The zero-order chi connectivity index (χ0) is 13.4. The molecule has 1 aromatic rings. The van der Waals surface area contributed by atoms with Gasteiger partial charge in [-0.3, -0.25) is 10.1 Å². The number of hydrogen-bond acceptors (Lipinski definition) is 3. The van der Waals surface area contributed by atoms with Crippen LogP contribution in [0, 0.1) is 15.9 Å². The molecular formula is C7H2F6N2O2. The highest BCUT2D eigenvalue weighted by molar-refractivity contribution is 5.39. The zero-order valence-electron chi connectivity index (χ0n) is 7.63. The molecule has 0 N–H and O–H groups in total. The number of rotatable bonds is 2. The van der Waals surface area contributed by atoms with Crippen molar-refractivity contribution < 1.29 is 31.3 Å². The van der Waals surface area contributed by atoms with Crippen molar-refractivity contribution >= 4 is 5.69 Å². The number of halogens is 6. The summed E-state index contributed by atoms with van der Waals surface area (Å²) in [6.07, 6.45) is -8.92. The van der Waals surface area contributed by atoms with Crippen LogP contribution in [-0.2, 0) is 6.18 Å². The smallest absolute Gasteiger partial charge is 0.258 e. The molecule has 0 aliphatic heterocycles. The molecular weight excluding hydrogens is 258 g/mol. The predicted octanol–water partition coefficient (Wildman–Crippen LogP) is 3.09. The molecule has 0 amide bonds. The Morgan fingerprint density at radius 1 is 1.35 bits per heavy atom. The number of hydrogen-bond donors (Lipinski definition) is 0. The summed E-state index contributed by atoms with van der Waals surface area (Å²) in [5.41, 5.74) is -5.64. The lowest BCUT2D eigenvalue weighted by atomic mass is 10.2. The third kappa shape index (κ3) is 2.63. The minimum Gasteiger partial charge on any atom is -0.258 e. The van der Waals surface area contributed by atoms with E-state index in [1.165, 1.54) is 0 Å². The van der Waals surface area contributed by atoms with Crippen LogP contribution in [0.25, 0.3) is 0 Å². The van der Waals surface area contributed by atoms with E-state index in [0.717, 1.165) is 0 Å². The Morgan fingerprint density at radius 3 is 2.24 bits per heavy atom. The molecule has 0 saturated heterocycles. The Bertz CT molecular complexity index is 458. The fourth-order valence-electron chi connectivity index (χ4n) is 0.994. The van der Waals surface area contributed by atoms with E-state index in [9.17, 15) is 36.5 Å². The van der Waals surface area contributed by atoms with E-state index in [1.54, 1.807) is 0 Å². The van der Waals surface area contributed by atoms with Crippen molar-refractivity contribution in [3.05, 3.63) is 33.4 Å². The van der Waals surface area contributed by atoms with Gasteiger partial charge < -0.3 is 0 Å². The fraction of sp³-hybridized carbons (Fsp3) is 0.286. The van der Waals surface area contributed by atoms with Gasteiger partial charge >= 0.3 is 11.9 Å². The van der Waals surface area contributed by atoms with Gasteiger partial charge in [-0.25, -0.2) is 18.2 Å². The van der Waals surface area contributed by atoms with Crippen molar-refractivity contribution in [2.24, 2.45) is 0 Å². The molecule has 0 saturated carbocycles. The van der Waals surface area contributed by atoms with E-state index in [1.807, 2.05) is 0 Å². The molecule has 0 bridgehead atoms. The molecule has 0 radical (unpaired) electrons. The first kappa shape index (κ1) is 13.2. The van der Waals surface area contributed by atoms with Crippen LogP contribution in [0.3, 0.4) is 0 Å². The maximum absolute atomic E-state index is 12.8. The van der Waals surface area contributed by atoms with E-state index < -0.39 is 40.4 Å². The Morgan fingerprint density at radius 2 is 1.88 bits per heavy atom. The molecule has 4 nitrogen and oxygen atoms in total. The molecule has 0 fully saturated rings. The number of aromatic nitrogens is 1. The molecule has 0 atom stereocenters. The van der Waals surface area contributed by atoms with Gasteiger partial charge in [0.05, 0.1) is 11.0 Å². The van der Waals surface area contributed by atoms with Gasteiger partial charge in [0.25, 0.3) is 6.43 Å². The molecule has 0 unspecified atom stereocenters. The maximum Gasteiger partial charge on any atom is 0.440 e. The van der Waals surface area contributed by atoms with Crippen LogP contribution in [-0.4, -0.2) is 9.91 Å². The Balaban J connectivity index is 3.54. The van der Waals surface area contributed by atoms with Crippen molar-refractivity contribution in [3.8, 4) is 0 Å². The number of nitro groups is 1.